The number of nitrogens with one attached hydrogen (secondary N) is 1. The molecule has 1 heterocycles. The Labute approximate surface area is 203 Å². The number of carbonyl (C=O) groups is 1. The molecule has 8 nitrogen and oxygen atoms in total. The number of hydrogen-bond acceptors (Lipinski definition) is 8. The maximum absolute atomic E-state index is 13.0. The number of thioether (sulfide) groups is 1. The maximum Gasteiger partial charge on any atom is 0.257 e. The van der Waals surface area contributed by atoms with E-state index in [1.807, 2.05) is 32.0 Å². The lowest BCUT2D eigenvalue weighted by atomic mass is 10.2. The van der Waals surface area contributed by atoms with Crippen molar-refractivity contribution in [3.63, 3.8) is 0 Å². The first-order chi connectivity index (χ1) is 16.1. The van der Waals surface area contributed by atoms with E-state index in [1.165, 1.54) is 23.9 Å². The number of amides is 1. The van der Waals surface area contributed by atoms with Crippen molar-refractivity contribution in [1.82, 2.24) is 10.3 Å². The fourth-order valence-corrected chi connectivity index (χ4v) is 4.12. The van der Waals surface area contributed by atoms with Gasteiger partial charge in [0.05, 0.1) is 11.0 Å². The van der Waals surface area contributed by atoms with Crippen molar-refractivity contribution in [2.24, 2.45) is 4.99 Å². The molecule has 0 spiro atoms. The summed E-state index contributed by atoms with van der Waals surface area (Å²) >= 11 is 1.23. The minimum absolute atomic E-state index is 0.118. The number of nitrogens with zero attached hydrogens (tertiary/aromatic N) is 2. The van der Waals surface area contributed by atoms with E-state index in [9.17, 15) is 13.2 Å². The highest BCUT2D eigenvalue weighted by Gasteiger charge is 2.15. The third kappa shape index (κ3) is 7.32. The molecule has 0 fully saturated rings. The van der Waals surface area contributed by atoms with Crippen LogP contribution in [0.3, 0.4) is 0 Å². The molecule has 0 aliphatic heterocycles. The van der Waals surface area contributed by atoms with Gasteiger partial charge in [-0.15, -0.1) is 0 Å². The van der Waals surface area contributed by atoms with E-state index in [0.717, 1.165) is 6.26 Å². The van der Waals surface area contributed by atoms with Crippen LogP contribution >= 0.6 is 11.8 Å². The van der Waals surface area contributed by atoms with E-state index in [0.29, 0.717) is 33.0 Å². The number of rotatable bonds is 7. The summed E-state index contributed by atoms with van der Waals surface area (Å²) in [6.45, 7) is 3.76. The number of ether oxygens (including phenoxy) is 2. The Hall–Kier alpha value is -3.37. The van der Waals surface area contributed by atoms with Gasteiger partial charge in [0.25, 0.3) is 5.91 Å². The summed E-state index contributed by atoms with van der Waals surface area (Å²) in [5, 5.41) is 3.87. The van der Waals surface area contributed by atoms with E-state index in [-0.39, 0.29) is 11.0 Å². The molecule has 10 heteroatoms. The normalized spacial score (nSPS) is 11.9. The number of sulfone groups is 1. The second kappa shape index (κ2) is 11.2. The van der Waals surface area contributed by atoms with Crippen LogP contribution in [0.4, 0.5) is 0 Å². The lowest BCUT2D eigenvalue weighted by Gasteiger charge is -2.14. The molecule has 0 saturated heterocycles. The zero-order valence-corrected chi connectivity index (χ0v) is 20.8. The summed E-state index contributed by atoms with van der Waals surface area (Å²) in [6.07, 6.45) is 2.68. The van der Waals surface area contributed by atoms with Crippen LogP contribution in [0.1, 0.15) is 24.2 Å². The number of hydrogen-bond donors (Lipinski definition) is 1. The Kier molecular flexibility index (Phi) is 8.30. The molecule has 0 atom stereocenters. The van der Waals surface area contributed by atoms with Crippen molar-refractivity contribution in [3.05, 3.63) is 72.4 Å². The van der Waals surface area contributed by atoms with Crippen LogP contribution in [0.25, 0.3) is 0 Å². The summed E-state index contributed by atoms with van der Waals surface area (Å²) in [4.78, 5) is 21.5. The second-order valence-corrected chi connectivity index (χ2v) is 10.5. The predicted molar refractivity (Wildman–Crippen MR) is 133 cm³/mol. The largest absolute Gasteiger partial charge is 0.491 e. The van der Waals surface area contributed by atoms with Gasteiger partial charge in [0.15, 0.2) is 15.0 Å². The number of aromatic nitrogens is 1. The Morgan fingerprint density at radius 2 is 1.74 bits per heavy atom. The molecular weight excluding hydrogens is 474 g/mol. The van der Waals surface area contributed by atoms with Crippen molar-refractivity contribution >= 4 is 32.7 Å². The summed E-state index contributed by atoms with van der Waals surface area (Å²) in [6, 6.07) is 16.4. The minimum atomic E-state index is -3.31. The Morgan fingerprint density at radius 1 is 1.03 bits per heavy atom. The van der Waals surface area contributed by atoms with Gasteiger partial charge in [-0.05, 0) is 74.1 Å². The van der Waals surface area contributed by atoms with E-state index < -0.39 is 15.7 Å². The summed E-state index contributed by atoms with van der Waals surface area (Å²) in [5.74, 6) is 0.845. The molecule has 3 aromatic rings. The van der Waals surface area contributed by atoms with Gasteiger partial charge in [0.2, 0.25) is 0 Å². The van der Waals surface area contributed by atoms with Crippen molar-refractivity contribution in [1.29, 1.82) is 0 Å². The number of amidine groups is 1. The first-order valence-electron chi connectivity index (χ1n) is 10.3. The third-order valence-electron chi connectivity index (χ3n) is 4.26. The van der Waals surface area contributed by atoms with E-state index in [2.05, 4.69) is 15.3 Å². The first kappa shape index (κ1) is 25.3. The van der Waals surface area contributed by atoms with Gasteiger partial charge in [-0.1, -0.05) is 6.07 Å². The fraction of sp³-hybridized carbons (Fsp3) is 0.208. The zero-order valence-electron chi connectivity index (χ0n) is 19.2. The predicted octanol–water partition coefficient (Wildman–Crippen LogP) is 4.57. The first-order valence-corrected chi connectivity index (χ1v) is 13.0. The molecule has 1 N–H and O–H groups in total. The summed E-state index contributed by atoms with van der Waals surface area (Å²) in [7, 11) is -1.73. The van der Waals surface area contributed by atoms with Gasteiger partial charge >= 0.3 is 0 Å². The molecule has 0 bridgehead atoms. The van der Waals surface area contributed by atoms with Crippen LogP contribution in [0.15, 0.2) is 81.8 Å². The van der Waals surface area contributed by atoms with E-state index in [1.54, 1.807) is 43.6 Å². The van der Waals surface area contributed by atoms with Crippen molar-refractivity contribution in [2.45, 2.75) is 29.9 Å². The lowest BCUT2D eigenvalue weighted by Crippen LogP contribution is -2.28. The number of pyridine rings is 1. The monoisotopic (exact) mass is 499 g/mol. The topological polar surface area (TPSA) is 107 Å². The number of benzene rings is 2. The van der Waals surface area contributed by atoms with Crippen LogP contribution in [0, 0.1) is 0 Å². The molecule has 0 aliphatic rings. The molecule has 1 aromatic heterocycles. The summed E-state index contributed by atoms with van der Waals surface area (Å²) < 4.78 is 35.0. The van der Waals surface area contributed by atoms with Crippen molar-refractivity contribution in [2.75, 3.05) is 13.3 Å². The Bertz CT molecular complexity index is 1280. The molecule has 1 amide bonds. The van der Waals surface area contributed by atoms with Gasteiger partial charge in [-0.2, -0.15) is 0 Å². The van der Waals surface area contributed by atoms with Gasteiger partial charge in [0, 0.05) is 31.1 Å². The third-order valence-corrected chi connectivity index (χ3v) is 6.32. The average Bonchev–Trinajstić information content (AvgIpc) is 2.78. The van der Waals surface area contributed by atoms with Crippen LogP contribution in [-0.4, -0.2) is 43.9 Å². The quantitative estimate of drug-likeness (QED) is 0.288. The lowest BCUT2D eigenvalue weighted by molar-refractivity contribution is 0.0976. The van der Waals surface area contributed by atoms with Gasteiger partial charge in [0.1, 0.15) is 22.3 Å². The molecule has 3 rings (SSSR count). The zero-order chi connectivity index (χ0) is 24.7. The van der Waals surface area contributed by atoms with Crippen LogP contribution in [0.2, 0.25) is 0 Å². The second-order valence-electron chi connectivity index (χ2n) is 7.46. The standard InChI is InChI=1S/C24H25N3O5S2/c1-16(2)31-19-13-17(23(28)27-24(25-3)33-22-7-5-6-12-26-22)14-20(15-19)32-18-8-10-21(11-9-18)34(4,29)30/h5-16H,1-4H3,(H,25,27,28). The molecule has 0 unspecified atom stereocenters. The number of aliphatic imine (C=N–C) groups is 1. The van der Waals surface area contributed by atoms with E-state index in [4.69, 9.17) is 9.47 Å². The minimum Gasteiger partial charge on any atom is -0.491 e. The van der Waals surface area contributed by atoms with Crippen molar-refractivity contribution in [3.8, 4) is 17.2 Å². The van der Waals surface area contributed by atoms with Gasteiger partial charge in [-0.3, -0.25) is 9.79 Å². The Balaban J connectivity index is 1.83. The number of carbonyl (C=O) groups excluding carboxylic acids is 1. The molecule has 34 heavy (non-hydrogen) atoms. The highest BCUT2D eigenvalue weighted by Crippen LogP contribution is 2.29. The van der Waals surface area contributed by atoms with Crippen LogP contribution in [-0.2, 0) is 9.84 Å². The highest BCUT2D eigenvalue weighted by atomic mass is 32.2. The highest BCUT2D eigenvalue weighted by molar-refractivity contribution is 8.13. The summed E-state index contributed by atoms with van der Waals surface area (Å²) in [5.41, 5.74) is 0.309. The van der Waals surface area contributed by atoms with E-state index >= 15 is 0 Å². The van der Waals surface area contributed by atoms with Crippen molar-refractivity contribution < 1.29 is 22.7 Å². The van der Waals surface area contributed by atoms with Gasteiger partial charge < -0.3 is 14.8 Å². The van der Waals surface area contributed by atoms with Crippen LogP contribution < -0.4 is 14.8 Å². The smallest absolute Gasteiger partial charge is 0.257 e. The molecule has 0 radical (unpaired) electrons. The van der Waals surface area contributed by atoms with Crippen LogP contribution in [0.5, 0.6) is 17.2 Å². The Morgan fingerprint density at radius 3 is 2.32 bits per heavy atom. The molecule has 0 saturated carbocycles. The maximum atomic E-state index is 13.0. The molecule has 178 valence electrons. The van der Waals surface area contributed by atoms with Gasteiger partial charge in [-0.25, -0.2) is 13.4 Å². The average molecular weight is 500 g/mol. The fourth-order valence-electron chi connectivity index (χ4n) is 2.80. The molecule has 0 aliphatic carbocycles. The SMILES string of the molecule is CN=C(NC(=O)c1cc(Oc2ccc(S(C)(=O)=O)cc2)cc(OC(C)C)c1)Sc1ccccn1. The molecular formula is C24H25N3O5S2. The molecule has 2 aromatic carbocycles.